The van der Waals surface area contributed by atoms with Crippen LogP contribution < -0.4 is 10.6 Å². The Bertz CT molecular complexity index is 698. The molecule has 0 aliphatic rings. The lowest BCUT2D eigenvalue weighted by molar-refractivity contribution is 0.0827. The van der Waals surface area contributed by atoms with Gasteiger partial charge < -0.3 is 20.1 Å². The predicted octanol–water partition coefficient (Wildman–Crippen LogP) is 2.22. The molecule has 7 heteroatoms. The van der Waals surface area contributed by atoms with E-state index in [9.17, 15) is 4.79 Å². The maximum Gasteiger partial charge on any atom is 0.253 e. The van der Waals surface area contributed by atoms with Crippen molar-refractivity contribution in [3.05, 3.63) is 59.9 Å². The average molecular weight is 469 g/mol. The van der Waals surface area contributed by atoms with Crippen LogP contribution in [0.4, 0.5) is 0 Å². The SMILES string of the molecule is CN=C(NCCc1cccc(C(=O)N(C)C)c1)NCCn1cccc1.I. The third kappa shape index (κ3) is 7.07. The minimum Gasteiger partial charge on any atom is -0.356 e. The van der Waals surface area contributed by atoms with Crippen molar-refractivity contribution in [2.24, 2.45) is 4.99 Å². The largest absolute Gasteiger partial charge is 0.356 e. The van der Waals surface area contributed by atoms with Gasteiger partial charge in [0.25, 0.3) is 5.91 Å². The summed E-state index contributed by atoms with van der Waals surface area (Å²) in [6.07, 6.45) is 4.91. The molecule has 6 nitrogen and oxygen atoms in total. The fourth-order valence-electron chi connectivity index (χ4n) is 2.49. The van der Waals surface area contributed by atoms with Gasteiger partial charge in [-0.2, -0.15) is 0 Å². The number of aliphatic imine (C=N–C) groups is 1. The predicted molar refractivity (Wildman–Crippen MR) is 117 cm³/mol. The highest BCUT2D eigenvalue weighted by molar-refractivity contribution is 14.0. The normalized spacial score (nSPS) is 10.8. The molecule has 0 saturated carbocycles. The summed E-state index contributed by atoms with van der Waals surface area (Å²) < 4.78 is 2.12. The highest BCUT2D eigenvalue weighted by Gasteiger charge is 2.08. The first kappa shape index (κ1) is 22.0. The smallest absolute Gasteiger partial charge is 0.253 e. The van der Waals surface area contributed by atoms with Crippen LogP contribution in [0.5, 0.6) is 0 Å². The van der Waals surface area contributed by atoms with Gasteiger partial charge in [0.2, 0.25) is 0 Å². The number of carbonyl (C=O) groups excluding carboxylic acids is 1. The summed E-state index contributed by atoms with van der Waals surface area (Å²) in [4.78, 5) is 17.8. The number of benzene rings is 1. The Morgan fingerprint density at radius 1 is 1.12 bits per heavy atom. The van der Waals surface area contributed by atoms with Crippen LogP contribution in [0.3, 0.4) is 0 Å². The van der Waals surface area contributed by atoms with E-state index in [2.05, 4.69) is 20.2 Å². The van der Waals surface area contributed by atoms with Gasteiger partial charge in [0, 0.05) is 58.7 Å². The van der Waals surface area contributed by atoms with E-state index in [4.69, 9.17) is 0 Å². The summed E-state index contributed by atoms with van der Waals surface area (Å²) in [5.74, 6) is 0.810. The summed E-state index contributed by atoms with van der Waals surface area (Å²) in [5.41, 5.74) is 1.85. The fourth-order valence-corrected chi connectivity index (χ4v) is 2.49. The first-order chi connectivity index (χ1) is 12.1. The van der Waals surface area contributed by atoms with Crippen LogP contribution in [0, 0.1) is 0 Å². The summed E-state index contributed by atoms with van der Waals surface area (Å²) in [6.45, 7) is 2.45. The molecule has 1 heterocycles. The molecule has 0 radical (unpaired) electrons. The molecule has 26 heavy (non-hydrogen) atoms. The van der Waals surface area contributed by atoms with Gasteiger partial charge in [0.05, 0.1) is 0 Å². The Morgan fingerprint density at radius 2 is 1.81 bits per heavy atom. The van der Waals surface area contributed by atoms with Gasteiger partial charge in [0.1, 0.15) is 0 Å². The summed E-state index contributed by atoms with van der Waals surface area (Å²) in [6, 6.07) is 11.8. The van der Waals surface area contributed by atoms with Crippen LogP contribution in [0.15, 0.2) is 53.8 Å². The number of rotatable bonds is 7. The molecule has 0 aliphatic heterocycles. The Hall–Kier alpha value is -2.03. The Balaban J connectivity index is 0.00000338. The molecule has 1 aromatic carbocycles. The Labute approximate surface area is 172 Å². The molecule has 2 rings (SSSR count). The van der Waals surface area contributed by atoms with Crippen LogP contribution >= 0.6 is 24.0 Å². The van der Waals surface area contributed by atoms with E-state index in [0.29, 0.717) is 0 Å². The van der Waals surface area contributed by atoms with E-state index >= 15 is 0 Å². The lowest BCUT2D eigenvalue weighted by atomic mass is 10.1. The van der Waals surface area contributed by atoms with Crippen LogP contribution in [-0.4, -0.2) is 55.6 Å². The second kappa shape index (κ2) is 11.6. The molecule has 0 spiro atoms. The molecule has 0 unspecified atom stereocenters. The standard InChI is InChI=1S/C19H27N5O.HI/c1-20-19(22-11-14-24-12-4-5-13-24)21-10-9-16-7-6-8-17(15-16)18(25)23(2)3;/h4-8,12-13,15H,9-11,14H2,1-3H3,(H2,20,21,22);1H. The van der Waals surface area contributed by atoms with E-state index in [0.717, 1.165) is 43.1 Å². The molecular formula is C19H28IN5O. The van der Waals surface area contributed by atoms with Gasteiger partial charge in [-0.3, -0.25) is 9.79 Å². The minimum atomic E-state index is 0. The number of nitrogens with one attached hydrogen (secondary N) is 2. The zero-order valence-corrected chi connectivity index (χ0v) is 17.9. The molecule has 0 bridgehead atoms. The van der Waals surface area contributed by atoms with Crippen molar-refractivity contribution in [2.45, 2.75) is 13.0 Å². The molecule has 0 atom stereocenters. The highest BCUT2D eigenvalue weighted by atomic mass is 127. The molecule has 1 amide bonds. The third-order valence-electron chi connectivity index (χ3n) is 3.84. The first-order valence-corrected chi connectivity index (χ1v) is 8.46. The molecule has 0 fully saturated rings. The average Bonchev–Trinajstić information content (AvgIpc) is 3.13. The highest BCUT2D eigenvalue weighted by Crippen LogP contribution is 2.07. The summed E-state index contributed by atoms with van der Waals surface area (Å²) in [7, 11) is 5.29. The van der Waals surface area contributed by atoms with Crippen molar-refractivity contribution in [1.82, 2.24) is 20.1 Å². The Kier molecular flexibility index (Phi) is 9.79. The second-order valence-electron chi connectivity index (χ2n) is 6.00. The van der Waals surface area contributed by atoms with Gasteiger partial charge >= 0.3 is 0 Å². The number of halogens is 1. The van der Waals surface area contributed by atoms with Crippen LogP contribution in [-0.2, 0) is 13.0 Å². The van der Waals surface area contributed by atoms with Crippen LogP contribution in [0.2, 0.25) is 0 Å². The second-order valence-corrected chi connectivity index (χ2v) is 6.00. The van der Waals surface area contributed by atoms with Crippen molar-refractivity contribution in [1.29, 1.82) is 0 Å². The van der Waals surface area contributed by atoms with Crippen LogP contribution in [0.25, 0.3) is 0 Å². The van der Waals surface area contributed by atoms with Crippen LogP contribution in [0.1, 0.15) is 15.9 Å². The molecule has 0 aliphatic carbocycles. The van der Waals surface area contributed by atoms with Gasteiger partial charge in [-0.05, 0) is 36.2 Å². The van der Waals surface area contributed by atoms with E-state index in [-0.39, 0.29) is 29.9 Å². The van der Waals surface area contributed by atoms with E-state index in [1.54, 1.807) is 26.0 Å². The van der Waals surface area contributed by atoms with Crippen molar-refractivity contribution in [3.63, 3.8) is 0 Å². The van der Waals surface area contributed by atoms with E-state index in [1.807, 2.05) is 48.8 Å². The summed E-state index contributed by atoms with van der Waals surface area (Å²) in [5, 5.41) is 6.60. The maximum atomic E-state index is 12.0. The van der Waals surface area contributed by atoms with Crippen molar-refractivity contribution >= 4 is 35.8 Å². The zero-order valence-electron chi connectivity index (χ0n) is 15.6. The van der Waals surface area contributed by atoms with E-state index < -0.39 is 0 Å². The maximum absolute atomic E-state index is 12.0. The third-order valence-corrected chi connectivity index (χ3v) is 3.84. The van der Waals surface area contributed by atoms with E-state index in [1.165, 1.54) is 0 Å². The lowest BCUT2D eigenvalue weighted by Crippen LogP contribution is -2.39. The fraction of sp³-hybridized carbons (Fsp3) is 0.368. The van der Waals surface area contributed by atoms with Gasteiger partial charge in [-0.1, -0.05) is 12.1 Å². The number of hydrogen-bond donors (Lipinski definition) is 2. The van der Waals surface area contributed by atoms with Gasteiger partial charge in [-0.25, -0.2) is 0 Å². The molecule has 0 saturated heterocycles. The zero-order chi connectivity index (χ0) is 18.1. The number of guanidine groups is 1. The topological polar surface area (TPSA) is 61.7 Å². The Morgan fingerprint density at radius 3 is 2.46 bits per heavy atom. The molecular weight excluding hydrogens is 441 g/mol. The number of nitrogens with zero attached hydrogens (tertiary/aromatic N) is 3. The number of amides is 1. The number of aromatic nitrogens is 1. The van der Waals surface area contributed by atoms with Gasteiger partial charge in [0.15, 0.2) is 5.96 Å². The molecule has 2 aromatic rings. The van der Waals surface area contributed by atoms with Gasteiger partial charge in [-0.15, -0.1) is 24.0 Å². The summed E-state index contributed by atoms with van der Waals surface area (Å²) >= 11 is 0. The monoisotopic (exact) mass is 469 g/mol. The lowest BCUT2D eigenvalue weighted by Gasteiger charge is -2.13. The number of hydrogen-bond acceptors (Lipinski definition) is 2. The number of carbonyl (C=O) groups is 1. The first-order valence-electron chi connectivity index (χ1n) is 8.46. The van der Waals surface area contributed by atoms with Crippen molar-refractivity contribution in [2.75, 3.05) is 34.2 Å². The molecule has 1 aromatic heterocycles. The molecule has 142 valence electrons. The quantitative estimate of drug-likeness (QED) is 0.372. The minimum absolute atomic E-state index is 0. The van der Waals surface area contributed by atoms with Crippen molar-refractivity contribution < 1.29 is 4.79 Å². The molecule has 2 N–H and O–H groups in total. The van der Waals surface area contributed by atoms with Crippen molar-refractivity contribution in [3.8, 4) is 0 Å².